The molecule has 118 valence electrons. The lowest BCUT2D eigenvalue weighted by atomic mass is 10.2. The van der Waals surface area contributed by atoms with Gasteiger partial charge in [-0.05, 0) is 38.4 Å². The van der Waals surface area contributed by atoms with E-state index in [-0.39, 0.29) is 0 Å². The van der Waals surface area contributed by atoms with Crippen LogP contribution in [0, 0.1) is 6.92 Å². The fourth-order valence-corrected chi connectivity index (χ4v) is 3.57. The lowest BCUT2D eigenvalue weighted by Gasteiger charge is -2.24. The van der Waals surface area contributed by atoms with Gasteiger partial charge in [-0.25, -0.2) is 4.98 Å². The maximum atomic E-state index is 4.31. The van der Waals surface area contributed by atoms with E-state index in [9.17, 15) is 0 Å². The Labute approximate surface area is 132 Å². The third-order valence-corrected chi connectivity index (χ3v) is 4.98. The van der Waals surface area contributed by atoms with Crippen molar-refractivity contribution < 1.29 is 0 Å². The smallest absolute Gasteiger partial charge is 0.191 e. The molecule has 1 saturated heterocycles. The van der Waals surface area contributed by atoms with Crippen LogP contribution in [-0.2, 0) is 6.54 Å². The third kappa shape index (κ3) is 5.61. The number of imidazole rings is 1. The molecule has 0 amide bonds. The zero-order chi connectivity index (χ0) is 14.9. The van der Waals surface area contributed by atoms with Crippen molar-refractivity contribution >= 4 is 17.7 Å². The summed E-state index contributed by atoms with van der Waals surface area (Å²) < 4.78 is 2.20. The highest BCUT2D eigenvalue weighted by atomic mass is 32.2. The monoisotopic (exact) mass is 309 g/mol. The van der Waals surface area contributed by atoms with Gasteiger partial charge in [-0.1, -0.05) is 0 Å². The lowest BCUT2D eigenvalue weighted by Crippen LogP contribution is -2.45. The second kappa shape index (κ2) is 8.97. The predicted octanol–water partition coefficient (Wildman–Crippen LogP) is 2.03. The standard InChI is InChI=1S/C15H27N5S/c1-13-17-8-10-20(13)9-4-3-7-18-15(16-2)19-14-6-5-11-21-12-14/h8,10,14H,3-7,9,11-12H2,1-2H3,(H2,16,18,19). The Bertz CT molecular complexity index is 437. The van der Waals surface area contributed by atoms with Crippen molar-refractivity contribution in [2.75, 3.05) is 25.1 Å². The first-order valence-corrected chi connectivity index (χ1v) is 8.97. The second-order valence-corrected chi connectivity index (χ2v) is 6.58. The first-order chi connectivity index (χ1) is 10.3. The van der Waals surface area contributed by atoms with Gasteiger partial charge in [0.25, 0.3) is 0 Å². The molecule has 1 atom stereocenters. The Balaban J connectivity index is 1.59. The van der Waals surface area contributed by atoms with Gasteiger partial charge in [-0.15, -0.1) is 0 Å². The number of guanidine groups is 1. The van der Waals surface area contributed by atoms with Crippen LogP contribution in [0.3, 0.4) is 0 Å². The summed E-state index contributed by atoms with van der Waals surface area (Å²) in [5, 5.41) is 6.94. The van der Waals surface area contributed by atoms with Gasteiger partial charge < -0.3 is 15.2 Å². The van der Waals surface area contributed by atoms with Crippen molar-refractivity contribution in [1.29, 1.82) is 0 Å². The van der Waals surface area contributed by atoms with Crippen LogP contribution in [-0.4, -0.2) is 46.7 Å². The van der Waals surface area contributed by atoms with E-state index >= 15 is 0 Å². The molecule has 2 N–H and O–H groups in total. The van der Waals surface area contributed by atoms with Crippen LogP contribution in [0.1, 0.15) is 31.5 Å². The van der Waals surface area contributed by atoms with E-state index in [0.29, 0.717) is 6.04 Å². The zero-order valence-corrected chi connectivity index (χ0v) is 14.0. The summed E-state index contributed by atoms with van der Waals surface area (Å²) in [6.45, 7) is 4.05. The highest BCUT2D eigenvalue weighted by Crippen LogP contribution is 2.16. The molecule has 1 unspecified atom stereocenters. The summed E-state index contributed by atoms with van der Waals surface area (Å²) >= 11 is 2.03. The van der Waals surface area contributed by atoms with Crippen LogP contribution in [0.15, 0.2) is 17.4 Å². The fourth-order valence-electron chi connectivity index (χ4n) is 2.50. The van der Waals surface area contributed by atoms with E-state index in [4.69, 9.17) is 0 Å². The van der Waals surface area contributed by atoms with Gasteiger partial charge in [0.2, 0.25) is 0 Å². The number of rotatable bonds is 6. The molecule has 1 aliphatic rings. The Morgan fingerprint density at radius 2 is 2.43 bits per heavy atom. The number of hydrogen-bond donors (Lipinski definition) is 2. The molecule has 2 rings (SSSR count). The molecule has 0 saturated carbocycles. The van der Waals surface area contributed by atoms with Crippen molar-refractivity contribution in [1.82, 2.24) is 20.2 Å². The quantitative estimate of drug-likeness (QED) is 0.480. The van der Waals surface area contributed by atoms with Gasteiger partial charge in [0, 0.05) is 44.3 Å². The summed E-state index contributed by atoms with van der Waals surface area (Å²) in [6, 6.07) is 0.573. The van der Waals surface area contributed by atoms with Crippen LogP contribution < -0.4 is 10.6 Å². The van der Waals surface area contributed by atoms with Crippen molar-refractivity contribution in [3.05, 3.63) is 18.2 Å². The molecule has 21 heavy (non-hydrogen) atoms. The summed E-state index contributed by atoms with van der Waals surface area (Å²) in [6.07, 6.45) is 8.76. The number of hydrogen-bond acceptors (Lipinski definition) is 3. The van der Waals surface area contributed by atoms with Crippen LogP contribution >= 0.6 is 11.8 Å². The molecule has 0 bridgehead atoms. The number of unbranched alkanes of at least 4 members (excludes halogenated alkanes) is 1. The molecular weight excluding hydrogens is 282 g/mol. The van der Waals surface area contributed by atoms with E-state index < -0.39 is 0 Å². The molecule has 0 aromatic carbocycles. The molecule has 0 radical (unpaired) electrons. The van der Waals surface area contributed by atoms with Gasteiger partial charge >= 0.3 is 0 Å². The largest absolute Gasteiger partial charge is 0.356 e. The number of aromatic nitrogens is 2. The molecule has 0 aliphatic carbocycles. The molecule has 2 heterocycles. The summed E-state index contributed by atoms with van der Waals surface area (Å²) in [7, 11) is 1.85. The highest BCUT2D eigenvalue weighted by Gasteiger charge is 2.14. The molecule has 5 nitrogen and oxygen atoms in total. The SMILES string of the molecule is CN=C(NCCCCn1ccnc1C)NC1CCCSC1. The number of aliphatic imine (C=N–C) groups is 1. The molecule has 1 aliphatic heterocycles. The first kappa shape index (κ1) is 16.2. The van der Waals surface area contributed by atoms with E-state index in [1.54, 1.807) is 0 Å². The Kier molecular flexibility index (Phi) is 6.92. The predicted molar refractivity (Wildman–Crippen MR) is 91.0 cm³/mol. The Morgan fingerprint density at radius 3 is 3.10 bits per heavy atom. The average molecular weight is 309 g/mol. The first-order valence-electron chi connectivity index (χ1n) is 7.82. The van der Waals surface area contributed by atoms with Gasteiger partial charge in [-0.3, -0.25) is 4.99 Å². The minimum absolute atomic E-state index is 0.573. The van der Waals surface area contributed by atoms with E-state index in [1.807, 2.05) is 38.1 Å². The van der Waals surface area contributed by atoms with Crippen LogP contribution in [0.5, 0.6) is 0 Å². The number of aryl methyl sites for hydroxylation is 2. The Hall–Kier alpha value is -1.17. The highest BCUT2D eigenvalue weighted by molar-refractivity contribution is 7.99. The number of nitrogens with zero attached hydrogens (tertiary/aromatic N) is 3. The Morgan fingerprint density at radius 1 is 1.52 bits per heavy atom. The van der Waals surface area contributed by atoms with Gasteiger partial charge in [0.05, 0.1) is 0 Å². The summed E-state index contributed by atoms with van der Waals surface area (Å²) in [5.74, 6) is 4.54. The summed E-state index contributed by atoms with van der Waals surface area (Å²) in [5.41, 5.74) is 0. The van der Waals surface area contributed by atoms with Crippen LogP contribution in [0.2, 0.25) is 0 Å². The third-order valence-electron chi connectivity index (χ3n) is 3.77. The fraction of sp³-hybridized carbons (Fsp3) is 0.733. The van der Waals surface area contributed by atoms with E-state index in [0.717, 1.165) is 37.7 Å². The molecule has 1 aromatic rings. The van der Waals surface area contributed by atoms with Gasteiger partial charge in [0.15, 0.2) is 5.96 Å². The van der Waals surface area contributed by atoms with Crippen molar-refractivity contribution in [2.24, 2.45) is 4.99 Å². The molecule has 6 heteroatoms. The zero-order valence-electron chi connectivity index (χ0n) is 13.1. The number of thioether (sulfide) groups is 1. The van der Waals surface area contributed by atoms with Gasteiger partial charge in [0.1, 0.15) is 5.82 Å². The molecule has 1 aromatic heterocycles. The van der Waals surface area contributed by atoms with Gasteiger partial charge in [-0.2, -0.15) is 11.8 Å². The molecule has 1 fully saturated rings. The number of nitrogens with one attached hydrogen (secondary N) is 2. The van der Waals surface area contributed by atoms with Crippen LogP contribution in [0.25, 0.3) is 0 Å². The van der Waals surface area contributed by atoms with E-state index in [1.165, 1.54) is 24.3 Å². The average Bonchev–Trinajstić information content (AvgIpc) is 2.92. The second-order valence-electron chi connectivity index (χ2n) is 5.43. The maximum Gasteiger partial charge on any atom is 0.191 e. The summed E-state index contributed by atoms with van der Waals surface area (Å²) in [4.78, 5) is 8.55. The normalized spacial score (nSPS) is 19.5. The molecular formula is C15H27N5S. The van der Waals surface area contributed by atoms with Crippen molar-refractivity contribution in [3.63, 3.8) is 0 Å². The van der Waals surface area contributed by atoms with Crippen molar-refractivity contribution in [2.45, 2.75) is 45.2 Å². The minimum Gasteiger partial charge on any atom is -0.356 e. The lowest BCUT2D eigenvalue weighted by molar-refractivity contribution is 0.567. The topological polar surface area (TPSA) is 54.2 Å². The molecule has 0 spiro atoms. The maximum absolute atomic E-state index is 4.31. The van der Waals surface area contributed by atoms with E-state index in [2.05, 4.69) is 25.2 Å². The minimum atomic E-state index is 0.573. The van der Waals surface area contributed by atoms with Crippen LogP contribution in [0.4, 0.5) is 0 Å². The van der Waals surface area contributed by atoms with Crippen molar-refractivity contribution in [3.8, 4) is 0 Å².